The topological polar surface area (TPSA) is 67.9 Å². The summed E-state index contributed by atoms with van der Waals surface area (Å²) >= 11 is 0. The van der Waals surface area contributed by atoms with E-state index < -0.39 is 12.0 Å². The average Bonchev–Trinajstić information content (AvgIpc) is 2.87. The van der Waals surface area contributed by atoms with E-state index in [1.807, 2.05) is 38.1 Å². The minimum absolute atomic E-state index is 0.0986. The normalized spacial score (nSPS) is 18.1. The van der Waals surface area contributed by atoms with Crippen molar-refractivity contribution in [1.82, 2.24) is 4.90 Å². The van der Waals surface area contributed by atoms with Gasteiger partial charge in [0.25, 0.3) is 5.91 Å². The molecule has 0 unspecified atom stereocenters. The number of rotatable bonds is 6. The molecule has 0 aliphatic carbocycles. The average molecular weight is 489 g/mol. The molecular weight excluding hydrogens is 459 g/mol. The number of amides is 2. The number of nitrogens with zero attached hydrogens (tertiary/aromatic N) is 1. The highest BCUT2D eigenvalue weighted by Gasteiger charge is 2.46. The molecular formula is C29H29FN2O4. The highest BCUT2D eigenvalue weighted by molar-refractivity contribution is 6.04. The number of hydrogen-bond donors (Lipinski definition) is 1. The number of anilines is 1. The van der Waals surface area contributed by atoms with Crippen LogP contribution in [0, 0.1) is 12.7 Å². The van der Waals surface area contributed by atoms with Gasteiger partial charge in [-0.2, -0.15) is 0 Å². The standard InChI is InChI=1S/C29H29FN2O4/c1-4-35-24-14-18-12-13-32-27(22(18)16-25(24)36-5-2)26(20-8-6-7-9-21(20)29(32)34)28(33)31-19-11-10-17(3)23(30)15-19/h6-11,14-16,26-27H,4-5,12-13H2,1-3H3,(H,31,33)/t26-,27+/m1/s1. The summed E-state index contributed by atoms with van der Waals surface area (Å²) in [7, 11) is 0. The van der Waals surface area contributed by atoms with Crippen molar-refractivity contribution in [1.29, 1.82) is 0 Å². The number of benzene rings is 3. The van der Waals surface area contributed by atoms with Gasteiger partial charge in [0, 0.05) is 17.8 Å². The van der Waals surface area contributed by atoms with Crippen molar-refractivity contribution in [3.8, 4) is 11.5 Å². The van der Waals surface area contributed by atoms with Crippen LogP contribution in [0.25, 0.3) is 0 Å². The third-order valence-corrected chi connectivity index (χ3v) is 6.91. The molecule has 36 heavy (non-hydrogen) atoms. The minimum Gasteiger partial charge on any atom is -0.490 e. The molecule has 2 amide bonds. The Kier molecular flexibility index (Phi) is 6.39. The third kappa shape index (κ3) is 4.08. The highest BCUT2D eigenvalue weighted by atomic mass is 19.1. The summed E-state index contributed by atoms with van der Waals surface area (Å²) in [5, 5.41) is 2.90. The van der Waals surface area contributed by atoms with Crippen LogP contribution in [-0.4, -0.2) is 36.5 Å². The summed E-state index contributed by atoms with van der Waals surface area (Å²) in [5.41, 5.74) is 3.95. The lowest BCUT2D eigenvalue weighted by molar-refractivity contribution is -0.119. The Labute approximate surface area is 210 Å². The van der Waals surface area contributed by atoms with Gasteiger partial charge in [0.1, 0.15) is 5.82 Å². The molecule has 6 nitrogen and oxygen atoms in total. The first-order chi connectivity index (χ1) is 17.4. The van der Waals surface area contributed by atoms with Gasteiger partial charge in [-0.05, 0) is 79.8 Å². The Morgan fingerprint density at radius 2 is 1.75 bits per heavy atom. The maximum Gasteiger partial charge on any atom is 0.254 e. The molecule has 3 aromatic rings. The molecule has 0 spiro atoms. The predicted octanol–water partition coefficient (Wildman–Crippen LogP) is 5.41. The second kappa shape index (κ2) is 9.64. The SMILES string of the molecule is CCOc1cc2c(cc1OCC)[C@H]1[C@H](C(=O)Nc3ccc(C)c(F)c3)c3ccccc3C(=O)N1CC2. The van der Waals surface area contributed by atoms with Crippen molar-refractivity contribution < 1.29 is 23.5 Å². The molecule has 0 saturated heterocycles. The maximum atomic E-state index is 14.2. The van der Waals surface area contributed by atoms with Crippen LogP contribution in [0.3, 0.4) is 0 Å². The molecule has 0 saturated carbocycles. The molecule has 0 radical (unpaired) electrons. The summed E-state index contributed by atoms with van der Waals surface area (Å²) in [6, 6.07) is 15.2. The Morgan fingerprint density at radius 3 is 2.47 bits per heavy atom. The van der Waals surface area contributed by atoms with Gasteiger partial charge in [-0.15, -0.1) is 0 Å². The van der Waals surface area contributed by atoms with E-state index in [1.165, 1.54) is 6.07 Å². The van der Waals surface area contributed by atoms with Crippen LogP contribution in [0.4, 0.5) is 10.1 Å². The Morgan fingerprint density at radius 1 is 1.03 bits per heavy atom. The van der Waals surface area contributed by atoms with Gasteiger partial charge in [-0.1, -0.05) is 24.3 Å². The summed E-state index contributed by atoms with van der Waals surface area (Å²) in [6.45, 7) is 6.93. The molecule has 7 heteroatoms. The largest absolute Gasteiger partial charge is 0.490 e. The molecule has 1 N–H and O–H groups in total. The summed E-state index contributed by atoms with van der Waals surface area (Å²) < 4.78 is 25.9. The molecule has 186 valence electrons. The quantitative estimate of drug-likeness (QED) is 0.504. The molecule has 2 atom stereocenters. The number of hydrogen-bond acceptors (Lipinski definition) is 4. The van der Waals surface area contributed by atoms with Gasteiger partial charge in [0.15, 0.2) is 11.5 Å². The smallest absolute Gasteiger partial charge is 0.254 e. The second-order valence-corrected chi connectivity index (χ2v) is 9.08. The number of nitrogens with one attached hydrogen (secondary N) is 1. The van der Waals surface area contributed by atoms with Crippen molar-refractivity contribution >= 4 is 17.5 Å². The lowest BCUT2D eigenvalue weighted by Crippen LogP contribution is -2.49. The Hall–Kier alpha value is -3.87. The number of carbonyl (C=O) groups excluding carboxylic acids is 2. The van der Waals surface area contributed by atoms with E-state index in [0.29, 0.717) is 60.1 Å². The molecule has 2 heterocycles. The number of ether oxygens (including phenoxy) is 2. The monoisotopic (exact) mass is 488 g/mol. The lowest BCUT2D eigenvalue weighted by Gasteiger charge is -2.45. The summed E-state index contributed by atoms with van der Waals surface area (Å²) in [5.74, 6) is -0.223. The van der Waals surface area contributed by atoms with Crippen LogP contribution in [0.15, 0.2) is 54.6 Å². The van der Waals surface area contributed by atoms with Crippen LogP contribution < -0.4 is 14.8 Å². The number of halogens is 1. The fourth-order valence-electron chi connectivity index (χ4n) is 5.24. The van der Waals surface area contributed by atoms with Crippen LogP contribution in [0.2, 0.25) is 0 Å². The van der Waals surface area contributed by atoms with Crippen LogP contribution in [-0.2, 0) is 11.2 Å². The molecule has 2 aliphatic rings. The third-order valence-electron chi connectivity index (χ3n) is 6.91. The van der Waals surface area contributed by atoms with E-state index in [-0.39, 0.29) is 17.6 Å². The first kappa shape index (κ1) is 23.9. The van der Waals surface area contributed by atoms with Crippen LogP contribution >= 0.6 is 0 Å². The summed E-state index contributed by atoms with van der Waals surface area (Å²) in [6.07, 6.45) is 0.643. The first-order valence-corrected chi connectivity index (χ1v) is 12.3. The van der Waals surface area contributed by atoms with Gasteiger partial charge in [-0.25, -0.2) is 4.39 Å². The van der Waals surface area contributed by atoms with Gasteiger partial charge >= 0.3 is 0 Å². The Balaban J connectivity index is 1.63. The fraction of sp³-hybridized carbons (Fsp3) is 0.310. The van der Waals surface area contributed by atoms with E-state index in [1.54, 1.807) is 36.1 Å². The number of carbonyl (C=O) groups is 2. The zero-order chi connectivity index (χ0) is 25.4. The van der Waals surface area contributed by atoms with E-state index in [2.05, 4.69) is 5.32 Å². The molecule has 2 aliphatic heterocycles. The van der Waals surface area contributed by atoms with Crippen molar-refractivity contribution in [2.75, 3.05) is 25.1 Å². The number of fused-ring (bicyclic) bond motifs is 4. The lowest BCUT2D eigenvalue weighted by atomic mass is 9.75. The van der Waals surface area contributed by atoms with Crippen molar-refractivity contribution in [3.05, 3.63) is 88.2 Å². The zero-order valence-corrected chi connectivity index (χ0v) is 20.6. The first-order valence-electron chi connectivity index (χ1n) is 12.3. The van der Waals surface area contributed by atoms with Gasteiger partial charge in [-0.3, -0.25) is 9.59 Å². The molecule has 0 bridgehead atoms. The van der Waals surface area contributed by atoms with E-state index in [4.69, 9.17) is 9.47 Å². The predicted molar refractivity (Wildman–Crippen MR) is 135 cm³/mol. The minimum atomic E-state index is -0.685. The van der Waals surface area contributed by atoms with E-state index in [0.717, 1.165) is 11.1 Å². The van der Waals surface area contributed by atoms with Crippen LogP contribution in [0.5, 0.6) is 11.5 Å². The maximum absolute atomic E-state index is 14.2. The second-order valence-electron chi connectivity index (χ2n) is 9.08. The highest BCUT2D eigenvalue weighted by Crippen LogP contribution is 2.48. The van der Waals surface area contributed by atoms with E-state index >= 15 is 0 Å². The van der Waals surface area contributed by atoms with Gasteiger partial charge in [0.2, 0.25) is 5.91 Å². The van der Waals surface area contributed by atoms with Crippen molar-refractivity contribution in [2.45, 2.75) is 39.2 Å². The Bertz CT molecular complexity index is 1340. The molecule has 0 aromatic heterocycles. The van der Waals surface area contributed by atoms with Crippen molar-refractivity contribution in [2.24, 2.45) is 0 Å². The molecule has 5 rings (SSSR count). The number of aryl methyl sites for hydroxylation is 1. The van der Waals surface area contributed by atoms with Gasteiger partial charge < -0.3 is 19.7 Å². The molecule has 3 aromatic carbocycles. The van der Waals surface area contributed by atoms with E-state index in [9.17, 15) is 14.0 Å². The summed E-state index contributed by atoms with van der Waals surface area (Å²) in [4.78, 5) is 29.2. The zero-order valence-electron chi connectivity index (χ0n) is 20.6. The van der Waals surface area contributed by atoms with Crippen molar-refractivity contribution in [3.63, 3.8) is 0 Å². The fourth-order valence-corrected chi connectivity index (χ4v) is 5.24. The van der Waals surface area contributed by atoms with Gasteiger partial charge in [0.05, 0.1) is 25.2 Å². The van der Waals surface area contributed by atoms with Crippen LogP contribution in [0.1, 0.15) is 58.4 Å². The molecule has 0 fully saturated rings.